The number of carbonyl (C=O) groups is 2. The van der Waals surface area contributed by atoms with Crippen molar-refractivity contribution in [3.05, 3.63) is 0 Å². The molecule has 158 valence electrons. The monoisotopic (exact) mass is 452 g/mol. The van der Waals surface area contributed by atoms with Crippen LogP contribution in [-0.2, 0) is 9.59 Å². The number of halogens is 1. The van der Waals surface area contributed by atoms with E-state index in [4.69, 9.17) is 5.11 Å². The van der Waals surface area contributed by atoms with Gasteiger partial charge in [-0.15, -0.1) is 0 Å². The molecule has 4 aliphatic carbocycles. The van der Waals surface area contributed by atoms with E-state index < -0.39 is 5.97 Å². The molecule has 0 unspecified atom stereocenters. The Hall–Kier alpha value is -0.380. The Labute approximate surface area is 178 Å². The van der Waals surface area contributed by atoms with Crippen LogP contribution in [0.15, 0.2) is 0 Å². The molecule has 0 aromatic rings. The molecule has 3 nitrogen and oxygen atoms in total. The van der Waals surface area contributed by atoms with E-state index in [-0.39, 0.29) is 4.83 Å². The van der Waals surface area contributed by atoms with Crippen LogP contribution in [-0.4, -0.2) is 21.7 Å². The summed E-state index contributed by atoms with van der Waals surface area (Å²) in [6.45, 7) is 7.34. The SMILES string of the molecule is C[C@H](CCC(=O)O)[C@H]1CC[C@H]2[C@@H]3CC[C@@H]4[C@@H](Br)C(=O)CC[C@]4(C)[C@H]3CC[C@]12C. The second-order valence-corrected chi connectivity index (χ2v) is 12.1. The smallest absolute Gasteiger partial charge is 0.303 e. The van der Waals surface area contributed by atoms with Crippen LogP contribution in [0.1, 0.15) is 85.0 Å². The summed E-state index contributed by atoms with van der Waals surface area (Å²) in [4.78, 5) is 23.5. The molecule has 0 amide bonds. The summed E-state index contributed by atoms with van der Waals surface area (Å²) in [5.41, 5.74) is 0.708. The van der Waals surface area contributed by atoms with E-state index in [1.54, 1.807) is 0 Å². The molecule has 1 N–H and O–H groups in total. The second kappa shape index (κ2) is 7.39. The molecule has 28 heavy (non-hydrogen) atoms. The predicted octanol–water partition coefficient (Wildman–Crippen LogP) is 6.09. The van der Waals surface area contributed by atoms with E-state index >= 15 is 0 Å². The van der Waals surface area contributed by atoms with E-state index in [1.165, 1.54) is 38.5 Å². The third kappa shape index (κ3) is 3.11. The first-order valence-electron chi connectivity index (χ1n) is 11.6. The van der Waals surface area contributed by atoms with E-state index in [0.717, 1.165) is 37.0 Å². The number of hydrogen-bond donors (Lipinski definition) is 1. The van der Waals surface area contributed by atoms with Gasteiger partial charge in [-0.1, -0.05) is 36.7 Å². The van der Waals surface area contributed by atoms with Gasteiger partial charge in [0, 0.05) is 12.8 Å². The van der Waals surface area contributed by atoms with Crippen molar-refractivity contribution >= 4 is 27.7 Å². The normalized spacial score (nSPS) is 49.1. The lowest BCUT2D eigenvalue weighted by Gasteiger charge is -2.61. The average Bonchev–Trinajstić information content (AvgIpc) is 3.00. The molecule has 4 fully saturated rings. The fourth-order valence-electron chi connectivity index (χ4n) is 8.62. The van der Waals surface area contributed by atoms with Gasteiger partial charge in [-0.05, 0) is 97.7 Å². The highest BCUT2D eigenvalue weighted by Gasteiger charge is 2.61. The van der Waals surface area contributed by atoms with E-state index in [0.29, 0.717) is 40.8 Å². The standard InChI is InChI=1S/C24H37BrO3/c1-14(4-9-21(27)28)16-7-8-17-15-5-6-19-22(25)20(26)11-13-24(19,3)18(15)10-12-23(16,17)2/h14-19,22H,4-13H2,1-3H3,(H,27,28)/t14-,15+,16-,17+,18+,19-,22-,23-,24-/m1/s1. The van der Waals surface area contributed by atoms with Gasteiger partial charge in [0.05, 0.1) is 4.83 Å². The fourth-order valence-corrected chi connectivity index (χ4v) is 9.72. The molecular weight excluding hydrogens is 416 g/mol. The van der Waals surface area contributed by atoms with Crippen molar-refractivity contribution in [2.75, 3.05) is 0 Å². The zero-order valence-electron chi connectivity index (χ0n) is 17.8. The number of fused-ring (bicyclic) bond motifs is 5. The van der Waals surface area contributed by atoms with Crippen LogP contribution < -0.4 is 0 Å². The maximum Gasteiger partial charge on any atom is 0.303 e. The van der Waals surface area contributed by atoms with Crippen LogP contribution in [0.5, 0.6) is 0 Å². The number of alkyl halides is 1. The van der Waals surface area contributed by atoms with E-state index in [9.17, 15) is 9.59 Å². The van der Waals surface area contributed by atoms with Crippen LogP contribution in [0.2, 0.25) is 0 Å². The van der Waals surface area contributed by atoms with Crippen molar-refractivity contribution in [2.24, 2.45) is 46.3 Å². The number of carboxylic acid groups (broad SMARTS) is 1. The van der Waals surface area contributed by atoms with Crippen LogP contribution in [0.25, 0.3) is 0 Å². The number of carboxylic acids is 1. The van der Waals surface area contributed by atoms with Crippen LogP contribution in [0.3, 0.4) is 0 Å². The molecule has 4 rings (SSSR count). The molecule has 0 aromatic carbocycles. The third-order valence-corrected chi connectivity index (χ3v) is 11.2. The number of rotatable bonds is 4. The Bertz CT molecular complexity index is 648. The van der Waals surface area contributed by atoms with Gasteiger partial charge in [0.25, 0.3) is 0 Å². The highest BCUT2D eigenvalue weighted by molar-refractivity contribution is 9.10. The van der Waals surface area contributed by atoms with Gasteiger partial charge >= 0.3 is 5.97 Å². The topological polar surface area (TPSA) is 54.4 Å². The molecule has 0 spiro atoms. The average molecular weight is 453 g/mol. The number of ketones is 1. The molecule has 0 aromatic heterocycles. The van der Waals surface area contributed by atoms with Crippen molar-refractivity contribution in [2.45, 2.75) is 89.8 Å². The first-order chi connectivity index (χ1) is 13.2. The number of hydrogen-bond acceptors (Lipinski definition) is 2. The summed E-state index contributed by atoms with van der Waals surface area (Å²) in [5.74, 6) is 3.86. The molecule has 0 bridgehead atoms. The summed E-state index contributed by atoms with van der Waals surface area (Å²) in [6, 6.07) is 0. The number of carbonyl (C=O) groups excluding carboxylic acids is 1. The summed E-state index contributed by atoms with van der Waals surface area (Å²) in [6.07, 6.45) is 10.7. The van der Waals surface area contributed by atoms with Crippen LogP contribution >= 0.6 is 15.9 Å². The van der Waals surface area contributed by atoms with Gasteiger partial charge in [-0.3, -0.25) is 9.59 Å². The van der Waals surface area contributed by atoms with Crippen molar-refractivity contribution < 1.29 is 14.7 Å². The summed E-state index contributed by atoms with van der Waals surface area (Å²) < 4.78 is 0. The van der Waals surface area contributed by atoms with Gasteiger partial charge < -0.3 is 5.11 Å². The zero-order chi connectivity index (χ0) is 20.3. The highest BCUT2D eigenvalue weighted by Crippen LogP contribution is 2.68. The maximum atomic E-state index is 12.3. The number of Topliss-reactive ketones (excluding diaryl/α,β-unsaturated/α-hetero) is 1. The first-order valence-corrected chi connectivity index (χ1v) is 12.5. The Morgan fingerprint density at radius 2 is 1.75 bits per heavy atom. The first kappa shape index (κ1) is 20.9. The minimum Gasteiger partial charge on any atom is -0.481 e. The van der Waals surface area contributed by atoms with Gasteiger partial charge in [-0.25, -0.2) is 0 Å². The van der Waals surface area contributed by atoms with Crippen molar-refractivity contribution in [3.63, 3.8) is 0 Å². The minimum atomic E-state index is -0.655. The third-order valence-electron chi connectivity index (χ3n) is 10.1. The Morgan fingerprint density at radius 1 is 1.07 bits per heavy atom. The molecule has 9 atom stereocenters. The molecule has 0 heterocycles. The Balaban J connectivity index is 1.53. The van der Waals surface area contributed by atoms with Crippen LogP contribution in [0.4, 0.5) is 0 Å². The minimum absolute atomic E-state index is 0.0767. The molecule has 0 saturated heterocycles. The summed E-state index contributed by atoms with van der Waals surface area (Å²) in [5, 5.41) is 9.11. The number of aliphatic carboxylic acids is 1. The predicted molar refractivity (Wildman–Crippen MR) is 114 cm³/mol. The molecule has 4 aliphatic rings. The Morgan fingerprint density at radius 3 is 2.46 bits per heavy atom. The van der Waals surface area contributed by atoms with Crippen molar-refractivity contribution in [1.82, 2.24) is 0 Å². The largest absolute Gasteiger partial charge is 0.481 e. The molecular formula is C24H37BrO3. The summed E-state index contributed by atoms with van der Waals surface area (Å²) in [7, 11) is 0. The lowest BCUT2D eigenvalue weighted by atomic mass is 9.44. The molecule has 4 saturated carbocycles. The van der Waals surface area contributed by atoms with Crippen LogP contribution in [0, 0.1) is 46.3 Å². The maximum absolute atomic E-state index is 12.3. The fraction of sp³-hybridized carbons (Fsp3) is 0.917. The van der Waals surface area contributed by atoms with Gasteiger partial charge in [0.15, 0.2) is 0 Å². The second-order valence-electron chi connectivity index (χ2n) is 11.1. The van der Waals surface area contributed by atoms with E-state index in [1.807, 2.05) is 0 Å². The lowest BCUT2D eigenvalue weighted by molar-refractivity contribution is -0.139. The van der Waals surface area contributed by atoms with E-state index in [2.05, 4.69) is 36.7 Å². The summed E-state index contributed by atoms with van der Waals surface area (Å²) >= 11 is 3.77. The van der Waals surface area contributed by atoms with Gasteiger partial charge in [0.1, 0.15) is 5.78 Å². The van der Waals surface area contributed by atoms with Crippen molar-refractivity contribution in [1.29, 1.82) is 0 Å². The quantitative estimate of drug-likeness (QED) is 0.524. The molecule has 4 heteroatoms. The van der Waals surface area contributed by atoms with Gasteiger partial charge in [-0.2, -0.15) is 0 Å². The molecule has 0 radical (unpaired) electrons. The zero-order valence-corrected chi connectivity index (χ0v) is 19.3. The highest BCUT2D eigenvalue weighted by atomic mass is 79.9. The molecule has 0 aliphatic heterocycles. The van der Waals surface area contributed by atoms with Crippen molar-refractivity contribution in [3.8, 4) is 0 Å². The Kier molecular flexibility index (Phi) is 5.51. The van der Waals surface area contributed by atoms with Gasteiger partial charge in [0.2, 0.25) is 0 Å². The lowest BCUT2D eigenvalue weighted by Crippen LogP contribution is -2.56.